The number of aromatic amines is 1. The molecule has 3 rings (SSSR count). The lowest BCUT2D eigenvalue weighted by Crippen LogP contribution is -2.39. The summed E-state index contributed by atoms with van der Waals surface area (Å²) >= 11 is 0. The molecule has 0 spiro atoms. The second kappa shape index (κ2) is 9.60. The Hall–Kier alpha value is -3.81. The summed E-state index contributed by atoms with van der Waals surface area (Å²) in [7, 11) is 1.56. The summed E-state index contributed by atoms with van der Waals surface area (Å²) in [5.74, 6) is -1.12. The predicted molar refractivity (Wildman–Crippen MR) is 111 cm³/mol. The quantitative estimate of drug-likeness (QED) is 0.574. The number of carbonyl (C=O) groups is 3. The summed E-state index contributed by atoms with van der Waals surface area (Å²) < 4.78 is 15.3. The average Bonchev–Trinajstić information content (AvgIpc) is 3.19. The van der Waals surface area contributed by atoms with E-state index in [2.05, 4.69) is 4.98 Å². The lowest BCUT2D eigenvalue weighted by Gasteiger charge is -2.21. The molecule has 0 fully saturated rings. The lowest BCUT2D eigenvalue weighted by atomic mass is 10.2. The number of nitrogens with zero attached hydrogens (tertiary/aromatic N) is 1. The number of hydrogen-bond acceptors (Lipinski definition) is 6. The van der Waals surface area contributed by atoms with Crippen LogP contribution in [0, 0.1) is 0 Å². The first kappa shape index (κ1) is 20.9. The van der Waals surface area contributed by atoms with Crippen LogP contribution in [0.2, 0.25) is 0 Å². The zero-order chi connectivity index (χ0) is 21.5. The number of carbonyl (C=O) groups excluding carboxylic acids is 3. The molecule has 1 amide bonds. The van der Waals surface area contributed by atoms with Crippen LogP contribution in [0.15, 0.2) is 54.6 Å². The van der Waals surface area contributed by atoms with Crippen LogP contribution in [-0.2, 0) is 19.1 Å². The third-order valence-electron chi connectivity index (χ3n) is 4.34. The van der Waals surface area contributed by atoms with Gasteiger partial charge in [0.15, 0.2) is 6.61 Å². The van der Waals surface area contributed by atoms with Gasteiger partial charge in [-0.2, -0.15) is 0 Å². The number of esters is 2. The molecule has 8 nitrogen and oxygen atoms in total. The molecule has 0 atom stereocenters. The van der Waals surface area contributed by atoms with Gasteiger partial charge in [0.25, 0.3) is 5.91 Å². The molecule has 0 unspecified atom stereocenters. The van der Waals surface area contributed by atoms with E-state index in [1.807, 2.05) is 6.07 Å². The molecule has 0 saturated carbocycles. The van der Waals surface area contributed by atoms with Gasteiger partial charge in [-0.3, -0.25) is 14.5 Å². The van der Waals surface area contributed by atoms with Crippen molar-refractivity contribution in [1.29, 1.82) is 0 Å². The highest BCUT2D eigenvalue weighted by molar-refractivity contribution is 6.00. The smallest absolute Gasteiger partial charge is 0.355 e. The molecule has 0 radical (unpaired) electrons. The van der Waals surface area contributed by atoms with Crippen molar-refractivity contribution in [3.63, 3.8) is 0 Å². The maximum absolute atomic E-state index is 12.7. The van der Waals surface area contributed by atoms with E-state index in [1.54, 1.807) is 62.6 Å². The van der Waals surface area contributed by atoms with E-state index in [9.17, 15) is 14.4 Å². The number of hydrogen-bond donors (Lipinski definition) is 1. The minimum absolute atomic E-state index is 0.204. The van der Waals surface area contributed by atoms with E-state index < -0.39 is 24.5 Å². The van der Waals surface area contributed by atoms with Crippen LogP contribution in [0.5, 0.6) is 5.75 Å². The van der Waals surface area contributed by atoms with E-state index in [1.165, 1.54) is 4.90 Å². The number of nitrogens with one attached hydrogen (secondary N) is 1. The van der Waals surface area contributed by atoms with Crippen molar-refractivity contribution in [3.05, 3.63) is 60.3 Å². The largest absolute Gasteiger partial charge is 0.497 e. The molecule has 1 aromatic heterocycles. The molecule has 0 aliphatic rings. The Kier molecular flexibility index (Phi) is 6.69. The first-order valence-electron chi connectivity index (χ1n) is 9.36. The van der Waals surface area contributed by atoms with Gasteiger partial charge in [-0.1, -0.05) is 18.2 Å². The second-order valence-electron chi connectivity index (χ2n) is 6.33. The summed E-state index contributed by atoms with van der Waals surface area (Å²) in [6.07, 6.45) is 0. The summed E-state index contributed by atoms with van der Waals surface area (Å²) in [6.45, 7) is 1.09. The van der Waals surface area contributed by atoms with Gasteiger partial charge < -0.3 is 19.2 Å². The molecule has 1 N–H and O–H groups in total. The summed E-state index contributed by atoms with van der Waals surface area (Å²) in [4.78, 5) is 41.2. The Morgan fingerprint density at radius 3 is 2.47 bits per heavy atom. The number of ether oxygens (including phenoxy) is 3. The lowest BCUT2D eigenvalue weighted by molar-refractivity contribution is -0.142. The van der Waals surface area contributed by atoms with E-state index in [4.69, 9.17) is 14.2 Å². The number of fused-ring (bicyclic) bond motifs is 1. The van der Waals surface area contributed by atoms with Crippen LogP contribution >= 0.6 is 0 Å². The molecule has 30 heavy (non-hydrogen) atoms. The van der Waals surface area contributed by atoms with Crippen LogP contribution in [0.3, 0.4) is 0 Å². The van der Waals surface area contributed by atoms with Crippen molar-refractivity contribution in [3.8, 4) is 5.75 Å². The average molecular weight is 410 g/mol. The van der Waals surface area contributed by atoms with Gasteiger partial charge in [0.1, 0.15) is 18.0 Å². The number of methoxy groups -OCH3 is 1. The number of aromatic nitrogens is 1. The summed E-state index contributed by atoms with van der Waals surface area (Å²) in [5, 5.41) is 0.808. The number of H-pyrrole nitrogens is 1. The first-order valence-corrected chi connectivity index (χ1v) is 9.36. The maximum atomic E-state index is 12.7. The molecular weight excluding hydrogens is 388 g/mol. The van der Waals surface area contributed by atoms with E-state index in [-0.39, 0.29) is 18.8 Å². The topological polar surface area (TPSA) is 97.9 Å². The van der Waals surface area contributed by atoms with Crippen LogP contribution in [0.4, 0.5) is 5.69 Å². The van der Waals surface area contributed by atoms with Crippen molar-refractivity contribution in [1.82, 2.24) is 4.98 Å². The molecule has 0 aliphatic carbocycles. The van der Waals surface area contributed by atoms with Crippen LogP contribution in [0.25, 0.3) is 10.9 Å². The molecule has 2 aromatic carbocycles. The van der Waals surface area contributed by atoms with Crippen molar-refractivity contribution < 1.29 is 28.6 Å². The molecular formula is C22H22N2O6. The number of rotatable bonds is 8. The van der Waals surface area contributed by atoms with Crippen LogP contribution in [0.1, 0.15) is 17.4 Å². The van der Waals surface area contributed by atoms with E-state index >= 15 is 0 Å². The molecule has 156 valence electrons. The third kappa shape index (κ3) is 4.96. The highest BCUT2D eigenvalue weighted by Gasteiger charge is 2.22. The number of anilines is 1. The fourth-order valence-corrected chi connectivity index (χ4v) is 2.89. The highest BCUT2D eigenvalue weighted by atomic mass is 16.5. The fraction of sp³-hybridized carbons (Fsp3) is 0.227. The van der Waals surface area contributed by atoms with Gasteiger partial charge >= 0.3 is 11.9 Å². The number of para-hydroxylation sites is 1. The normalized spacial score (nSPS) is 10.5. The van der Waals surface area contributed by atoms with E-state index in [0.717, 1.165) is 5.39 Å². The minimum atomic E-state index is -0.678. The SMILES string of the molecule is CCOC(=O)CN(C(=O)COC(=O)c1cc2ccc(OC)cc2[nH]1)c1ccccc1. The van der Waals surface area contributed by atoms with Gasteiger partial charge in [0.2, 0.25) is 0 Å². The maximum Gasteiger partial charge on any atom is 0.355 e. The molecule has 1 heterocycles. The van der Waals surface area contributed by atoms with Gasteiger partial charge in [0, 0.05) is 22.7 Å². The predicted octanol–water partition coefficient (Wildman–Crippen LogP) is 2.93. The Labute approximate surface area is 173 Å². The Morgan fingerprint density at radius 1 is 1.00 bits per heavy atom. The molecule has 0 bridgehead atoms. The van der Waals surface area contributed by atoms with Gasteiger partial charge in [0.05, 0.1) is 13.7 Å². The van der Waals surface area contributed by atoms with Crippen molar-refractivity contribution >= 4 is 34.4 Å². The zero-order valence-corrected chi connectivity index (χ0v) is 16.7. The summed E-state index contributed by atoms with van der Waals surface area (Å²) in [5.41, 5.74) is 1.42. The van der Waals surface area contributed by atoms with Gasteiger partial charge in [-0.05, 0) is 37.3 Å². The van der Waals surface area contributed by atoms with Crippen LogP contribution < -0.4 is 9.64 Å². The van der Waals surface area contributed by atoms with Gasteiger partial charge in [-0.15, -0.1) is 0 Å². The van der Waals surface area contributed by atoms with Gasteiger partial charge in [-0.25, -0.2) is 4.79 Å². The van der Waals surface area contributed by atoms with Crippen molar-refractivity contribution in [2.75, 3.05) is 31.8 Å². The van der Waals surface area contributed by atoms with Crippen LogP contribution in [-0.4, -0.2) is 49.7 Å². The molecule has 0 aliphatic heterocycles. The monoisotopic (exact) mass is 410 g/mol. The minimum Gasteiger partial charge on any atom is -0.497 e. The highest BCUT2D eigenvalue weighted by Crippen LogP contribution is 2.21. The van der Waals surface area contributed by atoms with Crippen molar-refractivity contribution in [2.24, 2.45) is 0 Å². The van der Waals surface area contributed by atoms with Crippen molar-refractivity contribution in [2.45, 2.75) is 6.92 Å². The molecule has 0 saturated heterocycles. The first-order chi connectivity index (χ1) is 14.5. The zero-order valence-electron chi connectivity index (χ0n) is 16.7. The third-order valence-corrected chi connectivity index (χ3v) is 4.34. The standard InChI is InChI=1S/C22H22N2O6/c1-3-29-21(26)13-24(16-7-5-4-6-8-16)20(25)14-30-22(27)19-11-15-9-10-17(28-2)12-18(15)23-19/h4-12,23H,3,13-14H2,1-2H3. The fourth-order valence-electron chi connectivity index (χ4n) is 2.89. The second-order valence-corrected chi connectivity index (χ2v) is 6.33. The Bertz CT molecular complexity index is 1040. The molecule has 3 aromatic rings. The Balaban J connectivity index is 1.69. The number of amides is 1. The Morgan fingerprint density at radius 2 is 1.77 bits per heavy atom. The summed E-state index contributed by atoms with van der Waals surface area (Å²) in [6, 6.07) is 15.6. The molecule has 8 heteroatoms. The number of benzene rings is 2. The van der Waals surface area contributed by atoms with E-state index in [0.29, 0.717) is 17.0 Å².